The molecule has 6 aromatic rings. The molecule has 0 spiro atoms. The van der Waals surface area contributed by atoms with Gasteiger partial charge in [-0.25, -0.2) is 43.2 Å². The molecule has 0 bridgehead atoms. The summed E-state index contributed by atoms with van der Waals surface area (Å²) in [5, 5.41) is 0.874. The minimum atomic E-state index is -4.41. The zero-order valence-electron chi connectivity index (χ0n) is 30.0. The molecular formula is C38H28F2N6O10S2. The SMILES string of the molecule is CN(OC(=O)/C=C/C(=O)ON(C)C(=O)c1cc(-c2ccccc2F)n(S(=O)(=O)c2cccnc2)c1)C(=O)c1cc(-c2ccccc2F)n(S(=O)(=O)c2cccnc2)c1. The quantitative estimate of drug-likeness (QED) is 0.139. The fourth-order valence-electron chi connectivity index (χ4n) is 5.39. The first-order valence-corrected chi connectivity index (χ1v) is 19.4. The molecule has 2 amide bonds. The van der Waals surface area contributed by atoms with Crippen LogP contribution in [0.15, 0.2) is 144 Å². The Morgan fingerprint density at radius 3 is 1.33 bits per heavy atom. The van der Waals surface area contributed by atoms with Gasteiger partial charge in [0.15, 0.2) is 0 Å². The molecule has 4 aromatic heterocycles. The number of rotatable bonds is 10. The van der Waals surface area contributed by atoms with Crippen molar-refractivity contribution < 1.29 is 54.5 Å². The van der Waals surface area contributed by atoms with E-state index < -0.39 is 55.4 Å². The van der Waals surface area contributed by atoms with Gasteiger partial charge in [0.2, 0.25) is 0 Å². The van der Waals surface area contributed by atoms with Gasteiger partial charge in [-0.3, -0.25) is 19.6 Å². The molecule has 0 fully saturated rings. The molecule has 0 unspecified atom stereocenters. The van der Waals surface area contributed by atoms with Crippen LogP contribution in [0.3, 0.4) is 0 Å². The number of hydroxylamine groups is 4. The third-order valence-corrected chi connectivity index (χ3v) is 11.4. The number of carbonyl (C=O) groups excluding carboxylic acids is 4. The van der Waals surface area contributed by atoms with Crippen molar-refractivity contribution in [1.82, 2.24) is 28.0 Å². The van der Waals surface area contributed by atoms with E-state index in [9.17, 15) is 44.8 Å². The molecule has 0 atom stereocenters. The summed E-state index contributed by atoms with van der Waals surface area (Å²) in [6.07, 6.45) is 7.78. The van der Waals surface area contributed by atoms with E-state index in [0.29, 0.717) is 30.2 Å². The van der Waals surface area contributed by atoms with Crippen molar-refractivity contribution in [1.29, 1.82) is 0 Å². The van der Waals surface area contributed by atoms with Gasteiger partial charge < -0.3 is 9.68 Å². The number of hydrogen-bond acceptors (Lipinski definition) is 12. The summed E-state index contributed by atoms with van der Waals surface area (Å²) in [6, 6.07) is 18.0. The summed E-state index contributed by atoms with van der Waals surface area (Å²) < 4.78 is 85.2. The molecule has 2 aromatic carbocycles. The van der Waals surface area contributed by atoms with E-state index in [1.165, 1.54) is 73.1 Å². The van der Waals surface area contributed by atoms with Gasteiger partial charge in [0.05, 0.1) is 22.5 Å². The van der Waals surface area contributed by atoms with E-state index in [1.54, 1.807) is 0 Å². The van der Waals surface area contributed by atoms with Crippen molar-refractivity contribution >= 4 is 43.8 Å². The van der Waals surface area contributed by atoms with Crippen molar-refractivity contribution in [3.05, 3.63) is 157 Å². The van der Waals surface area contributed by atoms with Crippen molar-refractivity contribution in [2.24, 2.45) is 0 Å². The Hall–Kier alpha value is -7.32. The van der Waals surface area contributed by atoms with Crippen LogP contribution >= 0.6 is 0 Å². The van der Waals surface area contributed by atoms with Crippen LogP contribution in [0.5, 0.6) is 0 Å². The Balaban J connectivity index is 1.15. The largest absolute Gasteiger partial charge is 0.356 e. The smallest absolute Gasteiger partial charge is 0.333 e. The van der Waals surface area contributed by atoms with E-state index in [0.717, 1.165) is 63.1 Å². The summed E-state index contributed by atoms with van der Waals surface area (Å²) in [4.78, 5) is 68.8. The Bertz CT molecular complexity index is 2620. The van der Waals surface area contributed by atoms with Crippen LogP contribution in [-0.2, 0) is 39.3 Å². The lowest BCUT2D eigenvalue weighted by atomic mass is 10.1. The van der Waals surface area contributed by atoms with Crippen LogP contribution in [-0.4, -0.2) is 82.7 Å². The number of halogens is 2. The minimum absolute atomic E-state index is 0.156. The lowest BCUT2D eigenvalue weighted by molar-refractivity contribution is -0.169. The van der Waals surface area contributed by atoms with Gasteiger partial charge in [0.1, 0.15) is 21.4 Å². The van der Waals surface area contributed by atoms with E-state index in [2.05, 4.69) is 9.97 Å². The van der Waals surface area contributed by atoms with Crippen LogP contribution in [0, 0.1) is 11.6 Å². The first-order chi connectivity index (χ1) is 27.6. The maximum atomic E-state index is 14.9. The second-order valence-corrected chi connectivity index (χ2v) is 15.6. The van der Waals surface area contributed by atoms with Crippen molar-refractivity contribution in [2.75, 3.05) is 14.1 Å². The van der Waals surface area contributed by atoms with Gasteiger partial charge in [-0.2, -0.15) is 10.1 Å². The van der Waals surface area contributed by atoms with E-state index in [1.807, 2.05) is 0 Å². The summed E-state index contributed by atoms with van der Waals surface area (Å²) in [6.45, 7) is 0. The number of amides is 2. The fraction of sp³-hybridized carbons (Fsp3) is 0.0526. The van der Waals surface area contributed by atoms with Gasteiger partial charge in [-0.1, -0.05) is 24.3 Å². The van der Waals surface area contributed by atoms with Gasteiger partial charge >= 0.3 is 11.9 Å². The average molecular weight is 831 g/mol. The van der Waals surface area contributed by atoms with E-state index in [-0.39, 0.29) is 43.4 Å². The molecule has 4 heterocycles. The average Bonchev–Trinajstić information content (AvgIpc) is 3.88. The molecule has 0 aliphatic heterocycles. The number of aromatic nitrogens is 4. The highest BCUT2D eigenvalue weighted by atomic mass is 32.2. The third-order valence-electron chi connectivity index (χ3n) is 8.13. The number of nitrogens with zero attached hydrogens (tertiary/aromatic N) is 6. The van der Waals surface area contributed by atoms with Crippen LogP contribution in [0.1, 0.15) is 20.7 Å². The minimum Gasteiger partial charge on any atom is -0.333 e. The Kier molecular flexibility index (Phi) is 11.4. The maximum absolute atomic E-state index is 14.9. The second-order valence-electron chi connectivity index (χ2n) is 11.9. The predicted octanol–water partition coefficient (Wildman–Crippen LogP) is 4.48. The van der Waals surface area contributed by atoms with E-state index in [4.69, 9.17) is 9.68 Å². The zero-order valence-corrected chi connectivity index (χ0v) is 31.7. The molecular weight excluding hydrogens is 803 g/mol. The summed E-state index contributed by atoms with van der Waals surface area (Å²) in [7, 11) is -6.78. The number of carbonyl (C=O) groups is 4. The first-order valence-electron chi connectivity index (χ1n) is 16.5. The highest BCUT2D eigenvalue weighted by Gasteiger charge is 2.29. The molecule has 16 nitrogen and oxygen atoms in total. The predicted molar refractivity (Wildman–Crippen MR) is 199 cm³/mol. The normalized spacial score (nSPS) is 11.6. The van der Waals surface area contributed by atoms with Crippen LogP contribution in [0.4, 0.5) is 8.78 Å². The van der Waals surface area contributed by atoms with Crippen molar-refractivity contribution in [3.8, 4) is 22.5 Å². The lowest BCUT2D eigenvalue weighted by Gasteiger charge is -2.15. The van der Waals surface area contributed by atoms with E-state index >= 15 is 0 Å². The standard InChI is InChI=1S/C38H28F2N6O10S2/c1-43(37(49)25-19-33(29-11-3-5-13-31(29)39)45(23-25)57(51,52)27-9-7-17-41-21-27)55-35(47)15-16-36(48)56-44(2)38(50)26-20-34(30-12-4-6-14-32(30)40)46(24-26)58(53,54)28-10-8-18-42-22-28/h3-24H,1-2H3/b16-15+. The highest BCUT2D eigenvalue weighted by molar-refractivity contribution is 7.90. The fourth-order valence-corrected chi connectivity index (χ4v) is 8.06. The van der Waals surface area contributed by atoms with Crippen LogP contribution in [0.25, 0.3) is 22.5 Å². The Morgan fingerprint density at radius 2 is 0.983 bits per heavy atom. The molecule has 0 saturated heterocycles. The molecule has 6 rings (SSSR count). The second kappa shape index (κ2) is 16.4. The van der Waals surface area contributed by atoms with Crippen LogP contribution in [0.2, 0.25) is 0 Å². The monoisotopic (exact) mass is 830 g/mol. The number of pyridine rings is 2. The maximum Gasteiger partial charge on any atom is 0.356 e. The number of hydrogen-bond donors (Lipinski definition) is 0. The Morgan fingerprint density at radius 1 is 0.603 bits per heavy atom. The molecule has 0 aliphatic carbocycles. The summed E-state index contributed by atoms with van der Waals surface area (Å²) in [5.41, 5.74) is -1.41. The van der Waals surface area contributed by atoms with Gasteiger partial charge in [0.25, 0.3) is 31.9 Å². The Labute approximate surface area is 328 Å². The molecule has 0 N–H and O–H groups in total. The van der Waals surface area contributed by atoms with Crippen LogP contribution < -0.4 is 0 Å². The van der Waals surface area contributed by atoms with Gasteiger partial charge in [-0.15, -0.1) is 0 Å². The van der Waals surface area contributed by atoms with Gasteiger partial charge in [-0.05, 0) is 60.7 Å². The molecule has 0 radical (unpaired) electrons. The molecule has 296 valence electrons. The first kappa shape index (κ1) is 40.3. The summed E-state index contributed by atoms with van der Waals surface area (Å²) in [5.74, 6) is -6.23. The lowest BCUT2D eigenvalue weighted by Crippen LogP contribution is -2.30. The highest BCUT2D eigenvalue weighted by Crippen LogP contribution is 2.31. The molecule has 20 heteroatoms. The van der Waals surface area contributed by atoms with Gasteiger partial charge in [0, 0.05) is 74.6 Å². The third kappa shape index (κ3) is 8.27. The zero-order chi connectivity index (χ0) is 41.8. The summed E-state index contributed by atoms with van der Waals surface area (Å²) >= 11 is 0. The van der Waals surface area contributed by atoms with Crippen molar-refractivity contribution in [3.63, 3.8) is 0 Å². The molecule has 58 heavy (non-hydrogen) atoms. The number of benzene rings is 2. The topological polar surface area (TPSA) is 197 Å². The molecule has 0 aliphatic rings. The van der Waals surface area contributed by atoms with Crippen molar-refractivity contribution in [2.45, 2.75) is 9.79 Å². The molecule has 0 saturated carbocycles.